The van der Waals surface area contributed by atoms with Crippen molar-refractivity contribution in [2.45, 2.75) is 32.2 Å². The van der Waals surface area contributed by atoms with E-state index in [2.05, 4.69) is 10.2 Å². The first kappa shape index (κ1) is 16.8. The summed E-state index contributed by atoms with van der Waals surface area (Å²) in [6.45, 7) is 4.65. The second-order valence-corrected chi connectivity index (χ2v) is 5.82. The molecule has 0 saturated carbocycles. The standard InChI is InChI=1S/C17H26N2O3/c1-14-5-2-7-16(11-14)22-10-4-8-18-17(21)12-19-9-3-6-15(19)13-20/h2,5,7,11,15,20H,3-4,6,8-10,12-13H2,1H3,(H,18,21)/t15-/m1/s1. The number of carbonyl (C=O) groups is 1. The molecule has 1 fully saturated rings. The van der Waals surface area contributed by atoms with Crippen LogP contribution in [-0.2, 0) is 4.79 Å². The molecule has 0 spiro atoms. The minimum Gasteiger partial charge on any atom is -0.494 e. The van der Waals surface area contributed by atoms with Gasteiger partial charge in [-0.2, -0.15) is 0 Å². The van der Waals surface area contributed by atoms with E-state index in [4.69, 9.17) is 4.74 Å². The molecule has 0 unspecified atom stereocenters. The van der Waals surface area contributed by atoms with Crippen molar-refractivity contribution in [3.05, 3.63) is 29.8 Å². The summed E-state index contributed by atoms with van der Waals surface area (Å²) < 4.78 is 5.64. The maximum atomic E-state index is 11.9. The molecule has 22 heavy (non-hydrogen) atoms. The third kappa shape index (κ3) is 5.31. The molecule has 0 bridgehead atoms. The lowest BCUT2D eigenvalue weighted by Crippen LogP contribution is -2.41. The summed E-state index contributed by atoms with van der Waals surface area (Å²) in [6.07, 6.45) is 2.82. The van der Waals surface area contributed by atoms with Crippen molar-refractivity contribution in [3.63, 3.8) is 0 Å². The smallest absolute Gasteiger partial charge is 0.234 e. The van der Waals surface area contributed by atoms with Gasteiger partial charge < -0.3 is 15.2 Å². The van der Waals surface area contributed by atoms with Crippen LogP contribution in [0.15, 0.2) is 24.3 Å². The molecule has 1 aromatic carbocycles. The van der Waals surface area contributed by atoms with Gasteiger partial charge >= 0.3 is 0 Å². The van der Waals surface area contributed by atoms with Crippen LogP contribution in [0.1, 0.15) is 24.8 Å². The number of rotatable bonds is 8. The van der Waals surface area contributed by atoms with Crippen LogP contribution in [0.4, 0.5) is 0 Å². The molecule has 1 aromatic rings. The lowest BCUT2D eigenvalue weighted by molar-refractivity contribution is -0.122. The Bertz CT molecular complexity index is 479. The first-order valence-electron chi connectivity index (χ1n) is 8.00. The monoisotopic (exact) mass is 306 g/mol. The number of hydrogen-bond acceptors (Lipinski definition) is 4. The van der Waals surface area contributed by atoms with Gasteiger partial charge in [-0.1, -0.05) is 12.1 Å². The molecule has 2 rings (SSSR count). The first-order valence-corrected chi connectivity index (χ1v) is 8.00. The molecule has 0 aromatic heterocycles. The summed E-state index contributed by atoms with van der Waals surface area (Å²) in [5.74, 6) is 0.894. The van der Waals surface area contributed by atoms with Crippen molar-refractivity contribution in [2.75, 3.05) is 32.8 Å². The summed E-state index contributed by atoms with van der Waals surface area (Å²) in [5, 5.41) is 12.1. The maximum absolute atomic E-state index is 11.9. The highest BCUT2D eigenvalue weighted by Gasteiger charge is 2.25. The highest BCUT2D eigenvalue weighted by atomic mass is 16.5. The van der Waals surface area contributed by atoms with E-state index in [-0.39, 0.29) is 18.6 Å². The van der Waals surface area contributed by atoms with Crippen LogP contribution < -0.4 is 10.1 Å². The van der Waals surface area contributed by atoms with E-state index in [1.54, 1.807) is 0 Å². The number of benzene rings is 1. The summed E-state index contributed by atoms with van der Waals surface area (Å²) in [4.78, 5) is 13.9. The van der Waals surface area contributed by atoms with Crippen LogP contribution in [0.3, 0.4) is 0 Å². The lowest BCUT2D eigenvalue weighted by Gasteiger charge is -2.21. The van der Waals surface area contributed by atoms with Crippen LogP contribution in [0.2, 0.25) is 0 Å². The Labute approximate surface area is 132 Å². The fraction of sp³-hybridized carbons (Fsp3) is 0.588. The second-order valence-electron chi connectivity index (χ2n) is 5.82. The van der Waals surface area contributed by atoms with Crippen LogP contribution >= 0.6 is 0 Å². The zero-order valence-electron chi connectivity index (χ0n) is 13.3. The van der Waals surface area contributed by atoms with Crippen LogP contribution in [-0.4, -0.2) is 54.8 Å². The zero-order valence-corrected chi connectivity index (χ0v) is 13.3. The number of likely N-dealkylation sites (tertiary alicyclic amines) is 1. The zero-order chi connectivity index (χ0) is 15.8. The molecule has 5 heteroatoms. The van der Waals surface area contributed by atoms with Crippen molar-refractivity contribution < 1.29 is 14.6 Å². The van der Waals surface area contributed by atoms with Crippen LogP contribution in [0, 0.1) is 6.92 Å². The Morgan fingerprint density at radius 1 is 1.50 bits per heavy atom. The van der Waals surface area contributed by atoms with E-state index in [0.717, 1.165) is 31.6 Å². The number of carbonyl (C=O) groups excluding carboxylic acids is 1. The number of amides is 1. The van der Waals surface area contributed by atoms with Crippen molar-refractivity contribution in [1.29, 1.82) is 0 Å². The molecule has 1 heterocycles. The van der Waals surface area contributed by atoms with Gasteiger partial charge in [0.2, 0.25) is 5.91 Å². The molecule has 122 valence electrons. The summed E-state index contributed by atoms with van der Waals surface area (Å²) in [5.41, 5.74) is 1.18. The van der Waals surface area contributed by atoms with Gasteiger partial charge in [0.1, 0.15) is 5.75 Å². The van der Waals surface area contributed by atoms with Gasteiger partial charge in [0.15, 0.2) is 0 Å². The van der Waals surface area contributed by atoms with Crippen molar-refractivity contribution in [2.24, 2.45) is 0 Å². The van der Waals surface area contributed by atoms with E-state index in [1.807, 2.05) is 31.2 Å². The number of nitrogens with one attached hydrogen (secondary N) is 1. The Morgan fingerprint density at radius 3 is 3.14 bits per heavy atom. The van der Waals surface area contributed by atoms with Crippen LogP contribution in [0.25, 0.3) is 0 Å². The fourth-order valence-corrected chi connectivity index (χ4v) is 2.75. The van der Waals surface area contributed by atoms with E-state index in [1.165, 1.54) is 5.56 Å². The third-order valence-corrected chi connectivity index (χ3v) is 3.96. The molecule has 1 amide bonds. The van der Waals surface area contributed by atoms with E-state index >= 15 is 0 Å². The minimum absolute atomic E-state index is 0.0240. The normalized spacial score (nSPS) is 18.4. The van der Waals surface area contributed by atoms with Gasteiger partial charge in [-0.15, -0.1) is 0 Å². The average Bonchev–Trinajstić information content (AvgIpc) is 2.94. The average molecular weight is 306 g/mol. The van der Waals surface area contributed by atoms with Gasteiger partial charge in [-0.05, 0) is 50.4 Å². The Balaban J connectivity index is 1.57. The molecule has 1 atom stereocenters. The lowest BCUT2D eigenvalue weighted by atomic mass is 10.2. The predicted octanol–water partition coefficient (Wildman–Crippen LogP) is 1.34. The summed E-state index contributed by atoms with van der Waals surface area (Å²) >= 11 is 0. The minimum atomic E-state index is 0.0240. The van der Waals surface area contributed by atoms with Gasteiger partial charge in [0, 0.05) is 12.6 Å². The van der Waals surface area contributed by atoms with Crippen molar-refractivity contribution in [3.8, 4) is 5.75 Å². The highest BCUT2D eigenvalue weighted by molar-refractivity contribution is 5.78. The maximum Gasteiger partial charge on any atom is 0.234 e. The number of hydrogen-bond donors (Lipinski definition) is 2. The van der Waals surface area contributed by atoms with Crippen molar-refractivity contribution >= 4 is 5.91 Å². The largest absolute Gasteiger partial charge is 0.494 e. The Kier molecular flexibility index (Phi) is 6.68. The number of nitrogens with zero attached hydrogens (tertiary/aromatic N) is 1. The van der Waals surface area contributed by atoms with Gasteiger partial charge in [-0.3, -0.25) is 9.69 Å². The van der Waals surface area contributed by atoms with E-state index in [9.17, 15) is 9.90 Å². The van der Waals surface area contributed by atoms with Crippen LogP contribution in [0.5, 0.6) is 5.75 Å². The van der Waals surface area contributed by atoms with E-state index < -0.39 is 0 Å². The quantitative estimate of drug-likeness (QED) is 0.712. The summed E-state index contributed by atoms with van der Waals surface area (Å²) in [6, 6.07) is 8.09. The van der Waals surface area contributed by atoms with Gasteiger partial charge in [-0.25, -0.2) is 0 Å². The molecule has 1 saturated heterocycles. The van der Waals surface area contributed by atoms with Gasteiger partial charge in [0.05, 0.1) is 19.8 Å². The third-order valence-electron chi connectivity index (χ3n) is 3.96. The SMILES string of the molecule is Cc1cccc(OCCCNC(=O)CN2CCC[C@@H]2CO)c1. The number of ether oxygens (including phenoxy) is 1. The molecule has 2 N–H and O–H groups in total. The van der Waals surface area contributed by atoms with E-state index in [0.29, 0.717) is 19.7 Å². The number of aliphatic hydroxyl groups is 1. The molecular formula is C17H26N2O3. The molecule has 1 aliphatic heterocycles. The topological polar surface area (TPSA) is 61.8 Å². The first-order chi connectivity index (χ1) is 10.7. The highest BCUT2D eigenvalue weighted by Crippen LogP contribution is 2.15. The molecule has 1 aliphatic rings. The van der Waals surface area contributed by atoms with Gasteiger partial charge in [0.25, 0.3) is 0 Å². The molecule has 0 radical (unpaired) electrons. The molecular weight excluding hydrogens is 280 g/mol. The Morgan fingerprint density at radius 2 is 2.36 bits per heavy atom. The summed E-state index contributed by atoms with van der Waals surface area (Å²) in [7, 11) is 0. The predicted molar refractivity (Wildman–Crippen MR) is 86.0 cm³/mol. The van der Waals surface area contributed by atoms with Crippen molar-refractivity contribution in [1.82, 2.24) is 10.2 Å². The molecule has 5 nitrogen and oxygen atoms in total. The number of aryl methyl sites for hydroxylation is 1. The second kappa shape index (κ2) is 8.76. The Hall–Kier alpha value is -1.59. The number of aliphatic hydroxyl groups excluding tert-OH is 1. The fourth-order valence-electron chi connectivity index (χ4n) is 2.75. The molecule has 0 aliphatic carbocycles.